The van der Waals surface area contributed by atoms with Gasteiger partial charge in [0.15, 0.2) is 5.60 Å². The van der Waals surface area contributed by atoms with Gasteiger partial charge in [-0.3, -0.25) is 9.69 Å². The highest BCUT2D eigenvalue weighted by Crippen LogP contribution is 2.39. The highest BCUT2D eigenvalue weighted by Gasteiger charge is 2.45. The quantitative estimate of drug-likeness (QED) is 0.781. The summed E-state index contributed by atoms with van der Waals surface area (Å²) in [4.78, 5) is 15.0. The summed E-state index contributed by atoms with van der Waals surface area (Å²) >= 11 is 0. The number of nitrogens with one attached hydrogen (secondary N) is 1. The average Bonchev–Trinajstić information content (AvgIpc) is 2.68. The molecule has 136 valence electrons. The lowest BCUT2D eigenvalue weighted by Crippen LogP contribution is -2.50. The molecule has 0 saturated heterocycles. The number of hydrogen-bond acceptors (Lipinski definition) is 3. The minimum absolute atomic E-state index is 0.0390. The zero-order valence-corrected chi connectivity index (χ0v) is 15.4. The van der Waals surface area contributed by atoms with Gasteiger partial charge in [-0.15, -0.1) is 0 Å². The smallest absolute Gasteiger partial charge is 0.257 e. The summed E-state index contributed by atoms with van der Waals surface area (Å²) in [6.07, 6.45) is 5.07. The monoisotopic (exact) mass is 342 g/mol. The first-order valence-electron chi connectivity index (χ1n) is 9.29. The first-order valence-corrected chi connectivity index (χ1v) is 9.29. The lowest BCUT2D eigenvalue weighted by atomic mass is 9.73. The molecule has 0 radical (unpaired) electrons. The summed E-state index contributed by atoms with van der Waals surface area (Å²) in [7, 11) is 2.00. The number of hydrogen-bond donors (Lipinski definition) is 2. The van der Waals surface area contributed by atoms with Gasteiger partial charge in [-0.2, -0.15) is 0 Å². The largest absolute Gasteiger partial charge is 0.375 e. The number of carbonyl (C=O) groups is 1. The van der Waals surface area contributed by atoms with Crippen molar-refractivity contribution in [3.8, 4) is 11.8 Å². The molecule has 1 atom stereocenters. The van der Waals surface area contributed by atoms with Gasteiger partial charge in [0, 0.05) is 5.92 Å². The molecule has 0 heterocycles. The predicted octanol–water partition coefficient (Wildman–Crippen LogP) is 2.53. The van der Waals surface area contributed by atoms with Crippen LogP contribution in [-0.2, 0) is 10.4 Å². The Hall–Kier alpha value is -1.83. The van der Waals surface area contributed by atoms with Crippen molar-refractivity contribution in [1.82, 2.24) is 10.2 Å². The van der Waals surface area contributed by atoms with Gasteiger partial charge < -0.3 is 10.4 Å². The molecular weight excluding hydrogens is 312 g/mol. The van der Waals surface area contributed by atoms with E-state index in [2.05, 4.69) is 29.0 Å². The van der Waals surface area contributed by atoms with Crippen LogP contribution in [0.15, 0.2) is 30.3 Å². The molecule has 0 bridgehead atoms. The Balaban J connectivity index is 2.08. The zero-order valence-electron chi connectivity index (χ0n) is 15.4. The van der Waals surface area contributed by atoms with Crippen LogP contribution in [0.4, 0.5) is 0 Å². The van der Waals surface area contributed by atoms with Gasteiger partial charge in [0.1, 0.15) is 0 Å². The summed E-state index contributed by atoms with van der Waals surface area (Å²) in [5.74, 6) is 5.65. The Labute approximate surface area is 151 Å². The summed E-state index contributed by atoms with van der Waals surface area (Å²) in [6.45, 7) is 3.96. The van der Waals surface area contributed by atoms with Crippen molar-refractivity contribution in [2.24, 2.45) is 5.92 Å². The predicted molar refractivity (Wildman–Crippen MR) is 101 cm³/mol. The maximum Gasteiger partial charge on any atom is 0.257 e. The van der Waals surface area contributed by atoms with Crippen LogP contribution in [0, 0.1) is 17.8 Å². The van der Waals surface area contributed by atoms with Crippen LogP contribution >= 0.6 is 0 Å². The third-order valence-electron chi connectivity index (χ3n) is 5.11. The number of carbonyl (C=O) groups excluding carboxylic acids is 1. The van der Waals surface area contributed by atoms with Crippen LogP contribution in [0.5, 0.6) is 0 Å². The normalized spacial score (nSPS) is 17.4. The van der Waals surface area contributed by atoms with Gasteiger partial charge in [-0.1, -0.05) is 68.4 Å². The lowest BCUT2D eigenvalue weighted by Gasteiger charge is -2.37. The molecule has 1 amide bonds. The van der Waals surface area contributed by atoms with Crippen LogP contribution < -0.4 is 5.32 Å². The van der Waals surface area contributed by atoms with Gasteiger partial charge >= 0.3 is 0 Å². The molecule has 0 spiro atoms. The standard InChI is InChI=1S/C21H30N2O2/c1-3-23(2)17-11-10-16-22-20(24)21(25,18-12-6-4-7-13-18)19-14-8-5-9-15-19/h4,6-7,12-13,19,25H,3,5,8-9,14-17H2,1-2H3,(H,22,24). The second-order valence-electron chi connectivity index (χ2n) is 6.83. The minimum Gasteiger partial charge on any atom is -0.375 e. The number of aliphatic hydroxyl groups is 1. The maximum atomic E-state index is 12.9. The van der Waals surface area contributed by atoms with E-state index in [1.807, 2.05) is 37.4 Å². The van der Waals surface area contributed by atoms with Crippen LogP contribution in [0.1, 0.15) is 44.6 Å². The molecule has 1 aliphatic carbocycles. The average molecular weight is 342 g/mol. The molecule has 2 N–H and O–H groups in total. The minimum atomic E-state index is -1.47. The Morgan fingerprint density at radius 3 is 2.56 bits per heavy atom. The van der Waals surface area contributed by atoms with Crippen molar-refractivity contribution in [1.29, 1.82) is 0 Å². The molecule has 2 rings (SSSR count). The van der Waals surface area contributed by atoms with E-state index in [4.69, 9.17) is 0 Å². The molecular formula is C21H30N2O2. The zero-order chi connectivity index (χ0) is 18.1. The third-order valence-corrected chi connectivity index (χ3v) is 5.11. The molecule has 0 aliphatic heterocycles. The Kier molecular flexibility index (Phi) is 7.49. The lowest BCUT2D eigenvalue weighted by molar-refractivity contribution is -0.149. The molecule has 1 unspecified atom stereocenters. The highest BCUT2D eigenvalue weighted by molar-refractivity contribution is 5.87. The van der Waals surface area contributed by atoms with E-state index >= 15 is 0 Å². The first-order chi connectivity index (χ1) is 12.1. The van der Waals surface area contributed by atoms with Crippen LogP contribution in [0.3, 0.4) is 0 Å². The fraction of sp³-hybridized carbons (Fsp3) is 0.571. The van der Waals surface area contributed by atoms with Gasteiger partial charge in [-0.05, 0) is 32.0 Å². The van der Waals surface area contributed by atoms with Crippen LogP contribution in [0.25, 0.3) is 0 Å². The molecule has 1 aromatic carbocycles. The molecule has 1 saturated carbocycles. The van der Waals surface area contributed by atoms with Crippen molar-refractivity contribution >= 4 is 5.91 Å². The fourth-order valence-electron chi connectivity index (χ4n) is 3.39. The second-order valence-corrected chi connectivity index (χ2v) is 6.83. The maximum absolute atomic E-state index is 12.9. The molecule has 4 nitrogen and oxygen atoms in total. The first kappa shape index (κ1) is 19.5. The SMILES string of the molecule is CCN(C)CC#CCNC(=O)C(O)(c1ccccc1)C1CCCCC1. The van der Waals surface area contributed by atoms with Gasteiger partial charge in [-0.25, -0.2) is 0 Å². The van der Waals surface area contributed by atoms with E-state index in [0.717, 1.165) is 32.2 Å². The summed E-state index contributed by atoms with van der Waals surface area (Å²) in [5, 5.41) is 14.2. The van der Waals surface area contributed by atoms with Crippen LogP contribution in [0.2, 0.25) is 0 Å². The number of amides is 1. The van der Waals surface area contributed by atoms with Crippen molar-refractivity contribution in [2.75, 3.05) is 26.7 Å². The van der Waals surface area contributed by atoms with E-state index in [9.17, 15) is 9.90 Å². The molecule has 25 heavy (non-hydrogen) atoms. The van der Waals surface area contributed by atoms with Crippen LogP contribution in [-0.4, -0.2) is 42.6 Å². The van der Waals surface area contributed by atoms with Gasteiger partial charge in [0.25, 0.3) is 5.91 Å². The van der Waals surface area contributed by atoms with E-state index < -0.39 is 5.60 Å². The third kappa shape index (κ3) is 5.07. The Morgan fingerprint density at radius 1 is 1.24 bits per heavy atom. The van der Waals surface area contributed by atoms with E-state index in [1.54, 1.807) is 0 Å². The van der Waals surface area contributed by atoms with Crippen molar-refractivity contribution < 1.29 is 9.90 Å². The second kappa shape index (κ2) is 9.60. The summed E-state index contributed by atoms with van der Waals surface area (Å²) in [5.41, 5.74) is -0.790. The fourth-order valence-corrected chi connectivity index (χ4v) is 3.39. The topological polar surface area (TPSA) is 52.6 Å². The summed E-state index contributed by atoms with van der Waals surface area (Å²) in [6, 6.07) is 9.33. The molecule has 1 fully saturated rings. The van der Waals surface area contributed by atoms with Gasteiger partial charge in [0.2, 0.25) is 0 Å². The number of nitrogens with zero attached hydrogens (tertiary/aromatic N) is 1. The van der Waals surface area contributed by atoms with Crippen molar-refractivity contribution in [3.63, 3.8) is 0 Å². The number of rotatable bonds is 6. The van der Waals surface area contributed by atoms with Crippen molar-refractivity contribution in [3.05, 3.63) is 35.9 Å². The van der Waals surface area contributed by atoms with E-state index in [1.165, 1.54) is 6.42 Å². The molecule has 4 heteroatoms. The Bertz CT molecular complexity index is 599. The Morgan fingerprint density at radius 2 is 1.92 bits per heavy atom. The summed E-state index contributed by atoms with van der Waals surface area (Å²) < 4.78 is 0. The van der Waals surface area contributed by atoms with E-state index in [0.29, 0.717) is 12.1 Å². The molecule has 1 aromatic rings. The molecule has 1 aliphatic rings. The van der Waals surface area contributed by atoms with Gasteiger partial charge in [0.05, 0.1) is 13.1 Å². The van der Waals surface area contributed by atoms with E-state index in [-0.39, 0.29) is 18.4 Å². The molecule has 0 aromatic heterocycles. The van der Waals surface area contributed by atoms with Crippen molar-refractivity contribution in [2.45, 2.75) is 44.6 Å². The highest BCUT2D eigenvalue weighted by atomic mass is 16.3. The number of benzene rings is 1.